The zero-order chi connectivity index (χ0) is 9.84. The van der Waals surface area contributed by atoms with E-state index in [9.17, 15) is 8.78 Å². The molecule has 1 aromatic carbocycles. The first-order chi connectivity index (χ1) is 6.19. The van der Waals surface area contributed by atoms with Gasteiger partial charge in [-0.25, -0.2) is 8.78 Å². The Morgan fingerprint density at radius 1 is 1.38 bits per heavy atom. The lowest BCUT2D eigenvalue weighted by Crippen LogP contribution is -2.14. The molecule has 0 saturated heterocycles. The summed E-state index contributed by atoms with van der Waals surface area (Å²) in [6.45, 7) is 0. The lowest BCUT2D eigenvalue weighted by atomic mass is 10.1. The standard InChI is InChI=1S/C9H8F2N2/c1-13-9(5-12)6-2-3-7(10)8(11)4-6/h2-4,9,13H,1H3. The van der Waals surface area contributed by atoms with E-state index in [0.717, 1.165) is 12.1 Å². The van der Waals surface area contributed by atoms with Crippen LogP contribution in [0.5, 0.6) is 0 Å². The molecule has 0 spiro atoms. The van der Waals surface area contributed by atoms with Crippen LogP contribution >= 0.6 is 0 Å². The van der Waals surface area contributed by atoms with E-state index in [1.807, 2.05) is 6.07 Å². The Kier molecular flexibility index (Phi) is 2.93. The molecule has 2 nitrogen and oxygen atoms in total. The third-order valence-corrected chi connectivity index (χ3v) is 1.69. The molecular weight excluding hydrogens is 174 g/mol. The van der Waals surface area contributed by atoms with Gasteiger partial charge in [-0.05, 0) is 24.7 Å². The van der Waals surface area contributed by atoms with Crippen molar-refractivity contribution in [2.75, 3.05) is 7.05 Å². The summed E-state index contributed by atoms with van der Waals surface area (Å²) in [6.07, 6.45) is 0. The molecule has 0 saturated carbocycles. The molecule has 0 aliphatic carbocycles. The summed E-state index contributed by atoms with van der Waals surface area (Å²) in [5, 5.41) is 11.3. The van der Waals surface area contributed by atoms with E-state index in [-0.39, 0.29) is 0 Å². The lowest BCUT2D eigenvalue weighted by molar-refractivity contribution is 0.505. The van der Waals surface area contributed by atoms with Crippen LogP contribution in [0.25, 0.3) is 0 Å². The summed E-state index contributed by atoms with van der Waals surface area (Å²) < 4.78 is 25.2. The Morgan fingerprint density at radius 2 is 2.08 bits per heavy atom. The van der Waals surface area contributed by atoms with Crippen LogP contribution in [0.4, 0.5) is 8.78 Å². The molecule has 1 aromatic rings. The zero-order valence-electron chi connectivity index (χ0n) is 7.01. The number of hydrogen-bond donors (Lipinski definition) is 1. The fourth-order valence-electron chi connectivity index (χ4n) is 0.998. The highest BCUT2D eigenvalue weighted by Gasteiger charge is 2.10. The van der Waals surface area contributed by atoms with Crippen molar-refractivity contribution >= 4 is 0 Å². The van der Waals surface area contributed by atoms with Crippen LogP contribution < -0.4 is 5.32 Å². The van der Waals surface area contributed by atoms with Crippen molar-refractivity contribution in [3.05, 3.63) is 35.4 Å². The molecule has 1 unspecified atom stereocenters. The first-order valence-corrected chi connectivity index (χ1v) is 3.71. The SMILES string of the molecule is CNC(C#N)c1ccc(F)c(F)c1. The molecule has 4 heteroatoms. The Bertz CT molecular complexity index is 344. The molecule has 1 atom stereocenters. The molecule has 0 aromatic heterocycles. The minimum atomic E-state index is -0.937. The van der Waals surface area contributed by atoms with Crippen molar-refractivity contribution in [3.8, 4) is 6.07 Å². The van der Waals surface area contributed by atoms with E-state index in [0.29, 0.717) is 5.56 Å². The van der Waals surface area contributed by atoms with Crippen LogP contribution in [0.2, 0.25) is 0 Å². The second-order valence-corrected chi connectivity index (χ2v) is 2.52. The first kappa shape index (κ1) is 9.62. The molecule has 0 radical (unpaired) electrons. The molecule has 1 N–H and O–H groups in total. The Balaban J connectivity index is 3.04. The van der Waals surface area contributed by atoms with Crippen molar-refractivity contribution in [1.82, 2.24) is 5.32 Å². The number of nitrogens with zero attached hydrogens (tertiary/aromatic N) is 1. The van der Waals surface area contributed by atoms with E-state index >= 15 is 0 Å². The maximum Gasteiger partial charge on any atom is 0.159 e. The van der Waals surface area contributed by atoms with Gasteiger partial charge >= 0.3 is 0 Å². The van der Waals surface area contributed by atoms with Gasteiger partial charge in [0, 0.05) is 0 Å². The van der Waals surface area contributed by atoms with Crippen LogP contribution in [0.1, 0.15) is 11.6 Å². The zero-order valence-corrected chi connectivity index (χ0v) is 7.01. The van der Waals surface area contributed by atoms with E-state index in [4.69, 9.17) is 5.26 Å². The molecular formula is C9H8F2N2. The van der Waals surface area contributed by atoms with Gasteiger partial charge in [0.05, 0.1) is 6.07 Å². The van der Waals surface area contributed by atoms with Crippen LogP contribution in [-0.2, 0) is 0 Å². The van der Waals surface area contributed by atoms with E-state index in [1.54, 1.807) is 7.05 Å². The third-order valence-electron chi connectivity index (χ3n) is 1.69. The fourth-order valence-corrected chi connectivity index (χ4v) is 0.998. The van der Waals surface area contributed by atoms with Gasteiger partial charge in [0.1, 0.15) is 6.04 Å². The maximum absolute atomic E-state index is 12.7. The van der Waals surface area contributed by atoms with Crippen LogP contribution in [0.15, 0.2) is 18.2 Å². The van der Waals surface area contributed by atoms with E-state index < -0.39 is 17.7 Å². The minimum absolute atomic E-state index is 0.420. The second kappa shape index (κ2) is 3.97. The molecule has 0 aliphatic heterocycles. The molecule has 0 bridgehead atoms. The summed E-state index contributed by atoms with van der Waals surface area (Å²) in [4.78, 5) is 0. The highest BCUT2D eigenvalue weighted by Crippen LogP contribution is 2.15. The van der Waals surface area contributed by atoms with Crippen LogP contribution in [0.3, 0.4) is 0 Å². The van der Waals surface area contributed by atoms with Crippen molar-refractivity contribution < 1.29 is 8.78 Å². The van der Waals surface area contributed by atoms with Gasteiger partial charge in [-0.3, -0.25) is 0 Å². The largest absolute Gasteiger partial charge is 0.301 e. The molecule has 0 amide bonds. The highest BCUT2D eigenvalue weighted by molar-refractivity contribution is 5.25. The number of nitriles is 1. The maximum atomic E-state index is 12.7. The summed E-state index contributed by atoms with van der Waals surface area (Å²) in [5.41, 5.74) is 0.420. The molecule has 0 fully saturated rings. The highest BCUT2D eigenvalue weighted by atomic mass is 19.2. The van der Waals surface area contributed by atoms with E-state index in [2.05, 4.69) is 5.32 Å². The van der Waals surface area contributed by atoms with Crippen molar-refractivity contribution in [3.63, 3.8) is 0 Å². The second-order valence-electron chi connectivity index (χ2n) is 2.52. The molecule has 1 rings (SSSR count). The van der Waals surface area contributed by atoms with Gasteiger partial charge in [0.25, 0.3) is 0 Å². The predicted octanol–water partition coefficient (Wildman–Crippen LogP) is 1.75. The number of halogens is 2. The van der Waals surface area contributed by atoms with Crippen LogP contribution in [0, 0.1) is 23.0 Å². The van der Waals surface area contributed by atoms with Gasteiger partial charge < -0.3 is 5.32 Å². The number of rotatable bonds is 2. The number of nitrogens with one attached hydrogen (secondary N) is 1. The quantitative estimate of drug-likeness (QED) is 0.756. The van der Waals surface area contributed by atoms with Crippen molar-refractivity contribution in [1.29, 1.82) is 5.26 Å². The minimum Gasteiger partial charge on any atom is -0.301 e. The summed E-state index contributed by atoms with van der Waals surface area (Å²) >= 11 is 0. The Labute approximate surface area is 74.8 Å². The molecule has 0 aliphatic rings. The Morgan fingerprint density at radius 3 is 2.54 bits per heavy atom. The third kappa shape index (κ3) is 2.01. The topological polar surface area (TPSA) is 35.8 Å². The predicted molar refractivity (Wildman–Crippen MR) is 43.8 cm³/mol. The van der Waals surface area contributed by atoms with Gasteiger partial charge in [-0.1, -0.05) is 6.07 Å². The molecule has 68 valence electrons. The summed E-state index contributed by atoms with van der Waals surface area (Å²) in [7, 11) is 1.58. The van der Waals surface area contributed by atoms with Gasteiger partial charge in [0.15, 0.2) is 11.6 Å². The number of hydrogen-bond acceptors (Lipinski definition) is 2. The van der Waals surface area contributed by atoms with Gasteiger partial charge in [-0.15, -0.1) is 0 Å². The van der Waals surface area contributed by atoms with Crippen molar-refractivity contribution in [2.45, 2.75) is 6.04 Å². The molecule has 13 heavy (non-hydrogen) atoms. The van der Waals surface area contributed by atoms with Gasteiger partial charge in [0.2, 0.25) is 0 Å². The normalized spacial score (nSPS) is 12.2. The number of benzene rings is 1. The first-order valence-electron chi connectivity index (χ1n) is 3.71. The fraction of sp³-hybridized carbons (Fsp3) is 0.222. The molecule has 0 heterocycles. The summed E-state index contributed by atoms with van der Waals surface area (Å²) in [5.74, 6) is -1.84. The van der Waals surface area contributed by atoms with Crippen LogP contribution in [-0.4, -0.2) is 7.05 Å². The van der Waals surface area contributed by atoms with E-state index in [1.165, 1.54) is 6.07 Å². The average molecular weight is 182 g/mol. The monoisotopic (exact) mass is 182 g/mol. The lowest BCUT2D eigenvalue weighted by Gasteiger charge is -2.07. The Hall–Kier alpha value is -1.47. The smallest absolute Gasteiger partial charge is 0.159 e. The summed E-state index contributed by atoms with van der Waals surface area (Å²) in [6, 6.07) is 4.71. The average Bonchev–Trinajstić information content (AvgIpc) is 2.13. The van der Waals surface area contributed by atoms with Gasteiger partial charge in [-0.2, -0.15) is 5.26 Å². The van der Waals surface area contributed by atoms with Crippen molar-refractivity contribution in [2.24, 2.45) is 0 Å².